The predicted molar refractivity (Wildman–Crippen MR) is 139 cm³/mol. The van der Waals surface area contributed by atoms with Gasteiger partial charge in [-0.05, 0) is 63.8 Å². The molecule has 2 aliphatic heterocycles. The fourth-order valence-electron chi connectivity index (χ4n) is 5.74. The van der Waals surface area contributed by atoms with E-state index < -0.39 is 5.54 Å². The zero-order valence-electron chi connectivity index (χ0n) is 21.3. The second kappa shape index (κ2) is 10.5. The molecule has 1 N–H and O–H groups in total. The number of ether oxygens (including phenoxy) is 1. The first-order chi connectivity index (χ1) is 17.4. The van der Waals surface area contributed by atoms with E-state index in [1.54, 1.807) is 17.0 Å². The molecule has 2 aromatic rings. The molecular formula is C28H36FN5O2. The van der Waals surface area contributed by atoms with Crippen LogP contribution in [0.15, 0.2) is 47.5 Å². The van der Waals surface area contributed by atoms with Crippen LogP contribution in [0.3, 0.4) is 0 Å². The first kappa shape index (κ1) is 24.7. The predicted octanol–water partition coefficient (Wildman–Crippen LogP) is 5.30. The van der Waals surface area contributed by atoms with Gasteiger partial charge in [-0.25, -0.2) is 14.2 Å². The van der Waals surface area contributed by atoms with Crippen molar-refractivity contribution < 1.29 is 13.9 Å². The monoisotopic (exact) mass is 493 g/mol. The van der Waals surface area contributed by atoms with Gasteiger partial charge in [-0.3, -0.25) is 9.80 Å². The molecule has 1 saturated carbocycles. The maximum atomic E-state index is 14.2. The number of nitrogens with zero attached hydrogens (tertiary/aromatic N) is 4. The van der Waals surface area contributed by atoms with Crippen molar-refractivity contribution in [1.82, 2.24) is 15.2 Å². The van der Waals surface area contributed by atoms with Crippen molar-refractivity contribution in [3.8, 4) is 5.88 Å². The lowest BCUT2D eigenvalue weighted by molar-refractivity contribution is 0.178. The largest absolute Gasteiger partial charge is 0.475 e. The number of urea groups is 1. The lowest BCUT2D eigenvalue weighted by Gasteiger charge is -2.45. The molecule has 0 unspecified atom stereocenters. The Bertz CT molecular complexity index is 1110. The topological polar surface area (TPSA) is 70.1 Å². The SMILES string of the molecule is CC(C)Oc1cccc(CN2CCC3(CC2)C(NC2CCCCC2)=NC(=O)N3c2cccc(F)c2)n1. The molecule has 0 radical (unpaired) electrons. The van der Waals surface area contributed by atoms with Crippen LogP contribution in [0.2, 0.25) is 0 Å². The van der Waals surface area contributed by atoms with Crippen LogP contribution in [0.25, 0.3) is 0 Å². The number of carbonyl (C=O) groups is 1. The van der Waals surface area contributed by atoms with Gasteiger partial charge in [0.2, 0.25) is 5.88 Å². The molecule has 8 heteroatoms. The van der Waals surface area contributed by atoms with Crippen LogP contribution in [0, 0.1) is 5.82 Å². The number of rotatable bonds is 6. The lowest BCUT2D eigenvalue weighted by Crippen LogP contribution is -2.62. The van der Waals surface area contributed by atoms with Crippen LogP contribution in [-0.2, 0) is 6.54 Å². The van der Waals surface area contributed by atoms with Crippen molar-refractivity contribution in [1.29, 1.82) is 0 Å². The highest BCUT2D eigenvalue weighted by atomic mass is 19.1. The number of aliphatic imine (C=N–C) groups is 1. The van der Waals surface area contributed by atoms with Gasteiger partial charge < -0.3 is 10.1 Å². The molecule has 3 aliphatic rings. The van der Waals surface area contributed by atoms with Gasteiger partial charge in [0.25, 0.3) is 0 Å². The molecule has 2 fully saturated rings. The number of likely N-dealkylation sites (tertiary alicyclic amines) is 1. The summed E-state index contributed by atoms with van der Waals surface area (Å²) >= 11 is 0. The molecule has 3 heterocycles. The van der Waals surface area contributed by atoms with E-state index in [9.17, 15) is 9.18 Å². The molecular weight excluding hydrogens is 457 g/mol. The van der Waals surface area contributed by atoms with E-state index in [0.29, 0.717) is 24.2 Å². The molecule has 2 amide bonds. The number of halogens is 1. The Morgan fingerprint density at radius 1 is 1.11 bits per heavy atom. The van der Waals surface area contributed by atoms with Crippen molar-refractivity contribution in [2.24, 2.45) is 4.99 Å². The summed E-state index contributed by atoms with van der Waals surface area (Å²) in [5.41, 5.74) is 0.940. The third-order valence-corrected chi connectivity index (χ3v) is 7.49. The average Bonchev–Trinajstić information content (AvgIpc) is 3.11. The summed E-state index contributed by atoms with van der Waals surface area (Å²) in [4.78, 5) is 26.5. The minimum Gasteiger partial charge on any atom is -0.475 e. The van der Waals surface area contributed by atoms with Gasteiger partial charge in [-0.1, -0.05) is 31.4 Å². The van der Waals surface area contributed by atoms with Gasteiger partial charge in [0, 0.05) is 37.4 Å². The number of anilines is 1. The van der Waals surface area contributed by atoms with E-state index in [4.69, 9.17) is 4.74 Å². The maximum absolute atomic E-state index is 14.2. The highest BCUT2D eigenvalue weighted by Crippen LogP contribution is 2.39. The normalized spacial score (nSPS) is 20.7. The van der Waals surface area contributed by atoms with Crippen molar-refractivity contribution in [3.05, 3.63) is 54.0 Å². The minimum atomic E-state index is -0.588. The Kier molecular flexibility index (Phi) is 7.23. The van der Waals surface area contributed by atoms with E-state index in [1.807, 2.05) is 32.0 Å². The zero-order valence-corrected chi connectivity index (χ0v) is 21.3. The quantitative estimate of drug-likeness (QED) is 0.591. The lowest BCUT2D eigenvalue weighted by atomic mass is 9.83. The number of aromatic nitrogens is 1. The molecule has 192 valence electrons. The Labute approximate surface area is 212 Å². The fraction of sp³-hybridized carbons (Fsp3) is 0.536. The first-order valence-corrected chi connectivity index (χ1v) is 13.2. The molecule has 36 heavy (non-hydrogen) atoms. The summed E-state index contributed by atoms with van der Waals surface area (Å²) in [6.45, 7) is 6.25. The molecule has 7 nitrogen and oxygen atoms in total. The molecule has 1 aromatic carbocycles. The van der Waals surface area contributed by atoms with Gasteiger partial charge in [-0.15, -0.1) is 0 Å². The Morgan fingerprint density at radius 3 is 2.58 bits per heavy atom. The number of amides is 2. The van der Waals surface area contributed by atoms with Crippen molar-refractivity contribution >= 4 is 17.6 Å². The van der Waals surface area contributed by atoms with Gasteiger partial charge in [0.1, 0.15) is 17.2 Å². The summed E-state index contributed by atoms with van der Waals surface area (Å²) in [5.74, 6) is 1.05. The van der Waals surface area contributed by atoms with Crippen molar-refractivity contribution in [2.45, 2.75) is 83.0 Å². The van der Waals surface area contributed by atoms with Crippen LogP contribution in [-0.4, -0.2) is 52.5 Å². The number of hydrogen-bond acceptors (Lipinski definition) is 5. The number of benzene rings is 1. The van der Waals surface area contributed by atoms with E-state index in [-0.39, 0.29) is 18.0 Å². The highest BCUT2D eigenvalue weighted by Gasteiger charge is 2.52. The Morgan fingerprint density at radius 2 is 1.86 bits per heavy atom. The molecule has 1 saturated heterocycles. The van der Waals surface area contributed by atoms with E-state index in [1.165, 1.54) is 31.4 Å². The summed E-state index contributed by atoms with van der Waals surface area (Å²) < 4.78 is 19.9. The van der Waals surface area contributed by atoms with Gasteiger partial charge in [-0.2, -0.15) is 4.99 Å². The Hall–Kier alpha value is -3.00. The van der Waals surface area contributed by atoms with Gasteiger partial charge >= 0.3 is 6.03 Å². The van der Waals surface area contributed by atoms with Crippen LogP contribution in [0.1, 0.15) is 64.5 Å². The average molecular weight is 494 g/mol. The number of nitrogens with one attached hydrogen (secondary N) is 1. The third-order valence-electron chi connectivity index (χ3n) is 7.49. The van der Waals surface area contributed by atoms with Crippen LogP contribution in [0.4, 0.5) is 14.9 Å². The highest BCUT2D eigenvalue weighted by molar-refractivity contribution is 6.16. The molecule has 1 spiro atoms. The molecule has 1 aliphatic carbocycles. The minimum absolute atomic E-state index is 0.0747. The summed E-state index contributed by atoms with van der Waals surface area (Å²) in [6.07, 6.45) is 7.35. The molecule has 5 rings (SSSR count). The van der Waals surface area contributed by atoms with Gasteiger partial charge in [0.15, 0.2) is 0 Å². The maximum Gasteiger partial charge on any atom is 0.350 e. The van der Waals surface area contributed by atoms with Crippen LogP contribution >= 0.6 is 0 Å². The standard InChI is InChI=1S/C28H36FN5O2/c1-20(2)36-25-13-7-11-23(30-25)19-33-16-14-28(15-17-33)26(31-22-9-4-3-5-10-22)32-27(35)34(28)24-12-6-8-21(29)18-24/h6-8,11-13,18,20,22H,3-5,9-10,14-17,19H2,1-2H3,(H,31,32,35). The van der Waals surface area contributed by atoms with Crippen molar-refractivity contribution in [2.75, 3.05) is 18.0 Å². The molecule has 1 aromatic heterocycles. The third kappa shape index (κ3) is 5.24. The number of piperidine rings is 1. The van der Waals surface area contributed by atoms with E-state index >= 15 is 0 Å². The van der Waals surface area contributed by atoms with Crippen LogP contribution < -0.4 is 15.0 Å². The number of amidine groups is 1. The Balaban J connectivity index is 1.35. The fourth-order valence-corrected chi connectivity index (χ4v) is 5.74. The molecule has 0 atom stereocenters. The van der Waals surface area contributed by atoms with Crippen LogP contribution in [0.5, 0.6) is 5.88 Å². The second-order valence-electron chi connectivity index (χ2n) is 10.5. The number of carbonyl (C=O) groups excluding carboxylic acids is 1. The number of pyridine rings is 1. The number of hydrogen-bond donors (Lipinski definition) is 1. The summed E-state index contributed by atoms with van der Waals surface area (Å²) in [6, 6.07) is 12.2. The van der Waals surface area contributed by atoms with E-state index in [0.717, 1.165) is 50.3 Å². The first-order valence-electron chi connectivity index (χ1n) is 13.2. The van der Waals surface area contributed by atoms with E-state index in [2.05, 4.69) is 20.2 Å². The van der Waals surface area contributed by atoms with Crippen molar-refractivity contribution in [3.63, 3.8) is 0 Å². The van der Waals surface area contributed by atoms with Gasteiger partial charge in [0.05, 0.1) is 11.8 Å². The zero-order chi connectivity index (χ0) is 25.1. The summed E-state index contributed by atoms with van der Waals surface area (Å²) in [5, 5.41) is 3.66. The summed E-state index contributed by atoms with van der Waals surface area (Å²) in [7, 11) is 0. The molecule has 0 bridgehead atoms. The second-order valence-corrected chi connectivity index (χ2v) is 10.5. The smallest absolute Gasteiger partial charge is 0.350 e.